The van der Waals surface area contributed by atoms with Crippen LogP contribution < -0.4 is 5.32 Å². The van der Waals surface area contributed by atoms with Gasteiger partial charge in [-0.25, -0.2) is 22.1 Å². The number of rotatable bonds is 5. The summed E-state index contributed by atoms with van der Waals surface area (Å²) in [5.41, 5.74) is 1.25. The second kappa shape index (κ2) is 7.55. The van der Waals surface area contributed by atoms with E-state index in [1.54, 1.807) is 29.6 Å². The van der Waals surface area contributed by atoms with E-state index in [-0.39, 0.29) is 16.4 Å². The Labute approximate surface area is 160 Å². The van der Waals surface area contributed by atoms with Gasteiger partial charge in [0.1, 0.15) is 16.5 Å². The minimum absolute atomic E-state index is 0.0792. The molecule has 0 saturated carbocycles. The van der Waals surface area contributed by atoms with Crippen molar-refractivity contribution in [2.45, 2.75) is 4.90 Å². The van der Waals surface area contributed by atoms with E-state index in [2.05, 4.69) is 10.3 Å². The predicted molar refractivity (Wildman–Crippen MR) is 103 cm³/mol. The Morgan fingerprint density at radius 3 is 2.52 bits per heavy atom. The molecule has 1 aromatic heterocycles. The topological polar surface area (TPSA) is 79.4 Å². The minimum Gasteiger partial charge on any atom is -0.321 e. The highest BCUT2D eigenvalue weighted by atomic mass is 32.2. The number of carbonyl (C=O) groups is 1. The number of nitrogens with one attached hydrogen (secondary N) is 1. The summed E-state index contributed by atoms with van der Waals surface area (Å²) in [6.45, 7) is 0. The van der Waals surface area contributed by atoms with Gasteiger partial charge in [0.15, 0.2) is 0 Å². The number of anilines is 1. The van der Waals surface area contributed by atoms with Crippen molar-refractivity contribution >= 4 is 33.0 Å². The molecule has 1 amide bonds. The second-order valence-corrected chi connectivity index (χ2v) is 8.82. The van der Waals surface area contributed by atoms with Gasteiger partial charge in [0.05, 0.1) is 4.90 Å². The molecular formula is C18H16FN3O3S2. The number of aromatic nitrogens is 1. The van der Waals surface area contributed by atoms with Crippen molar-refractivity contribution in [3.05, 3.63) is 65.4 Å². The lowest BCUT2D eigenvalue weighted by Crippen LogP contribution is -2.22. The van der Waals surface area contributed by atoms with Gasteiger partial charge in [-0.1, -0.05) is 6.07 Å². The Kier molecular flexibility index (Phi) is 5.36. The lowest BCUT2D eigenvalue weighted by atomic mass is 10.2. The fraction of sp³-hybridized carbons (Fsp3) is 0.111. The molecule has 9 heteroatoms. The summed E-state index contributed by atoms with van der Waals surface area (Å²) in [6, 6.07) is 11.8. The average molecular weight is 405 g/mol. The highest BCUT2D eigenvalue weighted by Gasteiger charge is 2.18. The zero-order chi connectivity index (χ0) is 19.6. The van der Waals surface area contributed by atoms with Gasteiger partial charge in [-0.15, -0.1) is 11.3 Å². The fourth-order valence-electron chi connectivity index (χ4n) is 2.24. The van der Waals surface area contributed by atoms with Crippen LogP contribution in [0.15, 0.2) is 58.8 Å². The lowest BCUT2D eigenvalue weighted by Gasteiger charge is -2.12. The van der Waals surface area contributed by atoms with Crippen LogP contribution in [0, 0.1) is 5.82 Å². The van der Waals surface area contributed by atoms with Crippen LogP contribution in [0.4, 0.5) is 10.1 Å². The molecule has 3 rings (SSSR count). The molecule has 0 radical (unpaired) electrons. The Morgan fingerprint density at radius 1 is 1.15 bits per heavy atom. The second-order valence-electron chi connectivity index (χ2n) is 5.81. The molecule has 27 heavy (non-hydrogen) atoms. The molecule has 0 unspecified atom stereocenters. The van der Waals surface area contributed by atoms with Crippen LogP contribution in [0.3, 0.4) is 0 Å². The van der Waals surface area contributed by atoms with Gasteiger partial charge in [0.25, 0.3) is 5.91 Å². The van der Waals surface area contributed by atoms with E-state index in [1.807, 2.05) is 0 Å². The number of amides is 1. The molecule has 0 saturated heterocycles. The number of sulfonamides is 1. The van der Waals surface area contributed by atoms with Gasteiger partial charge >= 0.3 is 0 Å². The summed E-state index contributed by atoms with van der Waals surface area (Å²) in [7, 11) is -0.723. The van der Waals surface area contributed by atoms with Crippen molar-refractivity contribution in [1.82, 2.24) is 9.29 Å². The summed E-state index contributed by atoms with van der Waals surface area (Å²) in [6.07, 6.45) is 0. The SMILES string of the molecule is CN(C)S(=O)(=O)c1cccc(NC(=O)c2csc(-c3ccc(F)cc3)n2)c1. The summed E-state index contributed by atoms with van der Waals surface area (Å²) in [4.78, 5) is 16.8. The first-order valence-corrected chi connectivity index (χ1v) is 10.1. The molecule has 1 N–H and O–H groups in total. The third kappa shape index (κ3) is 4.21. The first-order chi connectivity index (χ1) is 12.8. The molecule has 0 spiro atoms. The zero-order valence-electron chi connectivity index (χ0n) is 14.5. The maximum Gasteiger partial charge on any atom is 0.275 e. The average Bonchev–Trinajstić information content (AvgIpc) is 3.12. The number of carbonyl (C=O) groups excluding carboxylic acids is 1. The zero-order valence-corrected chi connectivity index (χ0v) is 16.1. The Morgan fingerprint density at radius 2 is 1.85 bits per heavy atom. The Balaban J connectivity index is 1.79. The van der Waals surface area contributed by atoms with E-state index in [0.717, 1.165) is 4.31 Å². The summed E-state index contributed by atoms with van der Waals surface area (Å²) in [5, 5.41) is 4.82. The van der Waals surface area contributed by atoms with Crippen LogP contribution in [0.2, 0.25) is 0 Å². The number of hydrogen-bond donors (Lipinski definition) is 1. The first kappa shape index (κ1) is 19.2. The number of hydrogen-bond acceptors (Lipinski definition) is 5. The molecule has 0 aliphatic rings. The Bertz CT molecular complexity index is 1080. The van der Waals surface area contributed by atoms with E-state index >= 15 is 0 Å². The largest absolute Gasteiger partial charge is 0.321 e. The molecule has 3 aromatic rings. The third-order valence-electron chi connectivity index (χ3n) is 3.70. The van der Waals surface area contributed by atoms with Crippen LogP contribution in [0.5, 0.6) is 0 Å². The summed E-state index contributed by atoms with van der Waals surface area (Å²) >= 11 is 1.26. The molecule has 0 bridgehead atoms. The number of thiazole rings is 1. The summed E-state index contributed by atoms with van der Waals surface area (Å²) in [5.74, 6) is -0.806. The molecule has 140 valence electrons. The van der Waals surface area contributed by atoms with Crippen LogP contribution >= 0.6 is 11.3 Å². The molecular weight excluding hydrogens is 389 g/mol. The predicted octanol–water partition coefficient (Wildman–Crippen LogP) is 3.45. The van der Waals surface area contributed by atoms with Gasteiger partial charge in [-0.2, -0.15) is 0 Å². The quantitative estimate of drug-likeness (QED) is 0.705. The van der Waals surface area contributed by atoms with Gasteiger partial charge < -0.3 is 5.32 Å². The molecule has 0 aliphatic carbocycles. The number of benzene rings is 2. The maximum absolute atomic E-state index is 13.0. The van der Waals surface area contributed by atoms with E-state index in [1.165, 1.54) is 49.7 Å². The summed E-state index contributed by atoms with van der Waals surface area (Å²) < 4.78 is 38.5. The molecule has 0 fully saturated rings. The van der Waals surface area contributed by atoms with Crippen molar-refractivity contribution < 1.29 is 17.6 Å². The molecule has 1 heterocycles. The maximum atomic E-state index is 13.0. The van der Waals surface area contributed by atoms with Gasteiger partial charge in [-0.05, 0) is 42.5 Å². The van der Waals surface area contributed by atoms with Crippen LogP contribution in [0.25, 0.3) is 10.6 Å². The van der Waals surface area contributed by atoms with Crippen molar-refractivity contribution in [2.24, 2.45) is 0 Å². The standard InChI is InChI=1S/C18H16FN3O3S2/c1-22(2)27(24,25)15-5-3-4-14(10-15)20-17(23)16-11-26-18(21-16)12-6-8-13(19)9-7-12/h3-11H,1-2H3,(H,20,23). The third-order valence-corrected chi connectivity index (χ3v) is 6.40. The highest BCUT2D eigenvalue weighted by Crippen LogP contribution is 2.25. The van der Waals surface area contributed by atoms with Crippen molar-refractivity contribution in [3.63, 3.8) is 0 Å². The van der Waals surface area contributed by atoms with Crippen LogP contribution in [-0.4, -0.2) is 37.7 Å². The highest BCUT2D eigenvalue weighted by molar-refractivity contribution is 7.89. The lowest BCUT2D eigenvalue weighted by molar-refractivity contribution is 0.102. The van der Waals surface area contributed by atoms with Crippen molar-refractivity contribution in [2.75, 3.05) is 19.4 Å². The van der Waals surface area contributed by atoms with Gasteiger partial charge in [0.2, 0.25) is 10.0 Å². The van der Waals surface area contributed by atoms with Crippen molar-refractivity contribution in [3.8, 4) is 10.6 Å². The van der Waals surface area contributed by atoms with Gasteiger partial charge in [0, 0.05) is 30.7 Å². The first-order valence-electron chi connectivity index (χ1n) is 7.83. The molecule has 0 aliphatic heterocycles. The minimum atomic E-state index is -3.60. The smallest absolute Gasteiger partial charge is 0.275 e. The Hall–Kier alpha value is -2.62. The molecule has 0 atom stereocenters. The van der Waals surface area contributed by atoms with E-state index in [4.69, 9.17) is 0 Å². The molecule has 2 aromatic carbocycles. The van der Waals surface area contributed by atoms with Gasteiger partial charge in [-0.3, -0.25) is 4.79 Å². The molecule has 6 nitrogen and oxygen atoms in total. The normalized spacial score (nSPS) is 11.6. The monoisotopic (exact) mass is 405 g/mol. The van der Waals surface area contributed by atoms with Crippen molar-refractivity contribution in [1.29, 1.82) is 0 Å². The number of halogens is 1. The van der Waals surface area contributed by atoms with E-state index in [9.17, 15) is 17.6 Å². The fourth-order valence-corrected chi connectivity index (χ4v) is 4.00. The van der Waals surface area contributed by atoms with E-state index in [0.29, 0.717) is 16.3 Å². The van der Waals surface area contributed by atoms with Crippen LogP contribution in [-0.2, 0) is 10.0 Å². The van der Waals surface area contributed by atoms with E-state index < -0.39 is 15.9 Å². The van der Waals surface area contributed by atoms with Crippen LogP contribution in [0.1, 0.15) is 10.5 Å². The number of nitrogens with zero attached hydrogens (tertiary/aromatic N) is 2.